The summed E-state index contributed by atoms with van der Waals surface area (Å²) in [6, 6.07) is 2.29. The van der Waals surface area contributed by atoms with Crippen molar-refractivity contribution in [2.45, 2.75) is 82.3 Å². The lowest BCUT2D eigenvalue weighted by atomic mass is 9.87. The van der Waals surface area contributed by atoms with E-state index in [4.69, 9.17) is 4.74 Å². The molecule has 3 heteroatoms. The molecule has 0 aromatic heterocycles. The number of ether oxygens (including phenoxy) is 1. The molecule has 3 rings (SSSR count). The van der Waals surface area contributed by atoms with Crippen LogP contribution in [-0.2, 0) is 4.74 Å². The van der Waals surface area contributed by atoms with Crippen molar-refractivity contribution in [2.75, 3.05) is 26.8 Å². The maximum absolute atomic E-state index is 5.75. The Morgan fingerprint density at radius 1 is 0.857 bits per heavy atom. The molecule has 2 saturated carbocycles. The van der Waals surface area contributed by atoms with Gasteiger partial charge in [0.1, 0.15) is 0 Å². The first-order valence-electron chi connectivity index (χ1n) is 9.39. The van der Waals surface area contributed by atoms with E-state index in [1.165, 1.54) is 70.8 Å². The molecule has 21 heavy (non-hydrogen) atoms. The summed E-state index contributed by atoms with van der Waals surface area (Å²) in [6.07, 6.45) is 14.5. The van der Waals surface area contributed by atoms with Crippen LogP contribution in [0.5, 0.6) is 0 Å². The summed E-state index contributed by atoms with van der Waals surface area (Å²) in [4.78, 5) is 2.93. The maximum Gasteiger partial charge on any atom is 0.0623 e. The van der Waals surface area contributed by atoms with Gasteiger partial charge in [0, 0.05) is 30.6 Å². The molecule has 3 nitrogen and oxygen atoms in total. The van der Waals surface area contributed by atoms with Gasteiger partial charge < -0.3 is 10.1 Å². The van der Waals surface area contributed by atoms with Crippen LogP contribution in [0.25, 0.3) is 0 Å². The first-order chi connectivity index (χ1) is 10.4. The number of rotatable bonds is 5. The van der Waals surface area contributed by atoms with Crippen LogP contribution in [-0.4, -0.2) is 49.8 Å². The number of nitrogens with zero attached hydrogens (tertiary/aromatic N) is 1. The van der Waals surface area contributed by atoms with E-state index in [1.54, 1.807) is 0 Å². The standard InChI is InChI=1S/C18H34N2O/c1-19-18-14-21-13-15(18)12-20(16-8-4-2-5-9-16)17-10-6-3-7-11-17/h15-19H,2-14H2,1H3. The van der Waals surface area contributed by atoms with Crippen molar-refractivity contribution in [3.05, 3.63) is 0 Å². The van der Waals surface area contributed by atoms with Gasteiger partial charge in [0.15, 0.2) is 0 Å². The van der Waals surface area contributed by atoms with Crippen molar-refractivity contribution >= 4 is 0 Å². The van der Waals surface area contributed by atoms with Crippen LogP contribution in [0.4, 0.5) is 0 Å². The molecule has 0 radical (unpaired) electrons. The Balaban J connectivity index is 1.65. The summed E-state index contributed by atoms with van der Waals surface area (Å²) < 4.78 is 5.75. The first-order valence-corrected chi connectivity index (χ1v) is 9.39. The summed E-state index contributed by atoms with van der Waals surface area (Å²) in [5, 5.41) is 3.47. The van der Waals surface area contributed by atoms with Crippen molar-refractivity contribution in [1.82, 2.24) is 10.2 Å². The van der Waals surface area contributed by atoms with Crippen LogP contribution in [0.15, 0.2) is 0 Å². The molecule has 1 aliphatic heterocycles. The second kappa shape index (κ2) is 7.94. The van der Waals surface area contributed by atoms with Crippen LogP contribution in [0.2, 0.25) is 0 Å². The van der Waals surface area contributed by atoms with E-state index in [9.17, 15) is 0 Å². The van der Waals surface area contributed by atoms with E-state index < -0.39 is 0 Å². The highest BCUT2D eigenvalue weighted by Gasteiger charge is 2.34. The average Bonchev–Trinajstić information content (AvgIpc) is 3.01. The molecule has 3 fully saturated rings. The van der Waals surface area contributed by atoms with E-state index in [1.807, 2.05) is 0 Å². The van der Waals surface area contributed by atoms with Gasteiger partial charge in [-0.3, -0.25) is 4.90 Å². The minimum Gasteiger partial charge on any atom is -0.379 e. The normalized spacial score (nSPS) is 32.9. The maximum atomic E-state index is 5.75. The minimum absolute atomic E-state index is 0.569. The van der Waals surface area contributed by atoms with Gasteiger partial charge in [-0.1, -0.05) is 38.5 Å². The minimum atomic E-state index is 0.569. The number of nitrogens with one attached hydrogen (secondary N) is 1. The van der Waals surface area contributed by atoms with Crippen LogP contribution < -0.4 is 5.32 Å². The molecule has 0 bridgehead atoms. The zero-order chi connectivity index (χ0) is 14.5. The molecule has 122 valence electrons. The van der Waals surface area contributed by atoms with Gasteiger partial charge in [0.05, 0.1) is 13.2 Å². The molecule has 0 aromatic carbocycles. The second-order valence-corrected chi connectivity index (χ2v) is 7.47. The van der Waals surface area contributed by atoms with Crippen LogP contribution >= 0.6 is 0 Å². The van der Waals surface area contributed by atoms with E-state index in [2.05, 4.69) is 17.3 Å². The third kappa shape index (κ3) is 4.00. The topological polar surface area (TPSA) is 24.5 Å². The summed E-state index contributed by atoms with van der Waals surface area (Å²) >= 11 is 0. The summed E-state index contributed by atoms with van der Waals surface area (Å²) in [5.41, 5.74) is 0. The smallest absolute Gasteiger partial charge is 0.0623 e. The lowest BCUT2D eigenvalue weighted by Gasteiger charge is -2.43. The van der Waals surface area contributed by atoms with E-state index in [-0.39, 0.29) is 0 Å². The lowest BCUT2D eigenvalue weighted by molar-refractivity contribution is 0.0584. The van der Waals surface area contributed by atoms with E-state index >= 15 is 0 Å². The van der Waals surface area contributed by atoms with Gasteiger partial charge in [-0.05, 0) is 32.7 Å². The number of hydrogen-bond donors (Lipinski definition) is 1. The van der Waals surface area contributed by atoms with Crippen LogP contribution in [0, 0.1) is 5.92 Å². The fraction of sp³-hybridized carbons (Fsp3) is 1.00. The quantitative estimate of drug-likeness (QED) is 0.843. The zero-order valence-corrected chi connectivity index (χ0v) is 13.9. The molecule has 2 atom stereocenters. The van der Waals surface area contributed by atoms with Gasteiger partial charge in [-0.2, -0.15) is 0 Å². The molecular weight excluding hydrogens is 260 g/mol. The van der Waals surface area contributed by atoms with Gasteiger partial charge in [0.25, 0.3) is 0 Å². The fourth-order valence-electron chi connectivity index (χ4n) is 4.79. The second-order valence-electron chi connectivity index (χ2n) is 7.47. The molecule has 0 amide bonds. The largest absolute Gasteiger partial charge is 0.379 e. The molecule has 0 aromatic rings. The molecular formula is C18H34N2O. The van der Waals surface area contributed by atoms with E-state index in [0.29, 0.717) is 12.0 Å². The number of hydrogen-bond acceptors (Lipinski definition) is 3. The average molecular weight is 294 g/mol. The Morgan fingerprint density at radius 3 is 1.95 bits per heavy atom. The Hall–Kier alpha value is -0.120. The first kappa shape index (κ1) is 15.8. The number of likely N-dealkylation sites (N-methyl/N-ethyl adjacent to an activating group) is 1. The highest BCUT2D eigenvalue weighted by molar-refractivity contribution is 4.89. The Labute approximate surface area is 130 Å². The lowest BCUT2D eigenvalue weighted by Crippen LogP contribution is -2.50. The third-order valence-electron chi connectivity index (χ3n) is 6.10. The predicted octanol–water partition coefficient (Wildman–Crippen LogP) is 3.19. The van der Waals surface area contributed by atoms with Crippen LogP contribution in [0.3, 0.4) is 0 Å². The van der Waals surface area contributed by atoms with Crippen molar-refractivity contribution in [1.29, 1.82) is 0 Å². The van der Waals surface area contributed by atoms with Crippen molar-refractivity contribution in [2.24, 2.45) is 5.92 Å². The molecule has 2 unspecified atom stereocenters. The summed E-state index contributed by atoms with van der Waals surface area (Å²) in [7, 11) is 2.10. The fourth-order valence-corrected chi connectivity index (χ4v) is 4.79. The Morgan fingerprint density at radius 2 is 1.43 bits per heavy atom. The molecule has 1 heterocycles. The van der Waals surface area contributed by atoms with Gasteiger partial charge in [-0.25, -0.2) is 0 Å². The molecule has 2 aliphatic carbocycles. The van der Waals surface area contributed by atoms with Crippen LogP contribution in [0.1, 0.15) is 64.2 Å². The van der Waals surface area contributed by atoms with Gasteiger partial charge >= 0.3 is 0 Å². The van der Waals surface area contributed by atoms with E-state index in [0.717, 1.165) is 25.3 Å². The van der Waals surface area contributed by atoms with Crippen molar-refractivity contribution in [3.63, 3.8) is 0 Å². The summed E-state index contributed by atoms with van der Waals surface area (Å²) in [6.45, 7) is 3.13. The highest BCUT2D eigenvalue weighted by atomic mass is 16.5. The zero-order valence-electron chi connectivity index (χ0n) is 13.9. The monoisotopic (exact) mass is 294 g/mol. The third-order valence-corrected chi connectivity index (χ3v) is 6.10. The van der Waals surface area contributed by atoms with Crippen molar-refractivity contribution in [3.8, 4) is 0 Å². The molecule has 3 aliphatic rings. The highest BCUT2D eigenvalue weighted by Crippen LogP contribution is 2.31. The summed E-state index contributed by atoms with van der Waals surface area (Å²) in [5.74, 6) is 0.693. The Kier molecular flexibility index (Phi) is 5.96. The Bertz CT molecular complexity index is 280. The van der Waals surface area contributed by atoms with Crippen molar-refractivity contribution < 1.29 is 4.74 Å². The molecule has 1 saturated heterocycles. The van der Waals surface area contributed by atoms with Gasteiger partial charge in [-0.15, -0.1) is 0 Å². The predicted molar refractivity (Wildman–Crippen MR) is 87.6 cm³/mol. The molecule has 1 N–H and O–H groups in total. The van der Waals surface area contributed by atoms with Gasteiger partial charge in [0.2, 0.25) is 0 Å². The SMILES string of the molecule is CNC1COCC1CN(C1CCCCC1)C1CCCCC1. The molecule has 0 spiro atoms.